The highest BCUT2D eigenvalue weighted by Crippen LogP contribution is 2.25. The van der Waals surface area contributed by atoms with Crippen LogP contribution in [0.3, 0.4) is 0 Å². The van der Waals surface area contributed by atoms with Gasteiger partial charge in [-0.25, -0.2) is 9.07 Å². The van der Waals surface area contributed by atoms with Crippen LogP contribution in [0.5, 0.6) is 0 Å². The van der Waals surface area contributed by atoms with Crippen molar-refractivity contribution in [2.75, 3.05) is 31.1 Å². The fourth-order valence-electron chi connectivity index (χ4n) is 3.88. The van der Waals surface area contributed by atoms with Crippen molar-refractivity contribution in [3.05, 3.63) is 76.9 Å². The Balaban J connectivity index is 1.49. The molecule has 3 aromatic rings. The molecule has 0 saturated carbocycles. The second-order valence-electron chi connectivity index (χ2n) is 7.51. The van der Waals surface area contributed by atoms with E-state index in [0.717, 1.165) is 13.1 Å². The van der Waals surface area contributed by atoms with Crippen LogP contribution in [0, 0.1) is 26.6 Å². The Hall–Kier alpha value is -3.15. The topological polar surface area (TPSA) is 41.4 Å². The zero-order valence-corrected chi connectivity index (χ0v) is 17.0. The average molecular weight is 392 g/mol. The van der Waals surface area contributed by atoms with Crippen molar-refractivity contribution in [1.82, 2.24) is 14.7 Å². The third-order valence-electron chi connectivity index (χ3n) is 5.80. The lowest BCUT2D eigenvalue weighted by atomic mass is 10.1. The number of piperazine rings is 1. The van der Waals surface area contributed by atoms with E-state index in [1.54, 1.807) is 31.3 Å². The molecular weight excluding hydrogens is 367 g/mol. The molecule has 2 heterocycles. The van der Waals surface area contributed by atoms with Crippen LogP contribution in [0.4, 0.5) is 10.1 Å². The van der Waals surface area contributed by atoms with E-state index in [0.29, 0.717) is 30.0 Å². The molecule has 0 spiro atoms. The summed E-state index contributed by atoms with van der Waals surface area (Å²) in [4.78, 5) is 17.3. The number of carbonyl (C=O) groups excluding carboxylic acids is 1. The number of hydrogen-bond acceptors (Lipinski definition) is 3. The van der Waals surface area contributed by atoms with Crippen molar-refractivity contribution < 1.29 is 9.18 Å². The first-order chi connectivity index (χ1) is 14.0. The maximum atomic E-state index is 14.1. The van der Waals surface area contributed by atoms with E-state index < -0.39 is 0 Å². The first-order valence-corrected chi connectivity index (χ1v) is 9.87. The summed E-state index contributed by atoms with van der Waals surface area (Å²) in [7, 11) is 0. The molecule has 1 saturated heterocycles. The number of hydrogen-bond donors (Lipinski definition) is 0. The van der Waals surface area contributed by atoms with E-state index in [9.17, 15) is 9.18 Å². The molecule has 1 aliphatic heterocycles. The molecule has 0 atom stereocenters. The van der Waals surface area contributed by atoms with Gasteiger partial charge in [-0.3, -0.25) is 4.79 Å². The SMILES string of the molecule is Cc1cccc(N2CCN(C(=O)c3cnn(-c4ccccc4F)c3C)CC2)c1C. The number of aromatic nitrogens is 2. The minimum atomic E-state index is -0.361. The van der Waals surface area contributed by atoms with Crippen LogP contribution in [0.25, 0.3) is 5.69 Å². The lowest BCUT2D eigenvalue weighted by Gasteiger charge is -2.37. The van der Waals surface area contributed by atoms with E-state index in [4.69, 9.17) is 0 Å². The van der Waals surface area contributed by atoms with Gasteiger partial charge in [0.2, 0.25) is 0 Å². The number of aryl methyl sites for hydroxylation is 1. The first kappa shape index (κ1) is 19.2. The minimum absolute atomic E-state index is 0.0503. The Kier molecular flexibility index (Phi) is 5.09. The largest absolute Gasteiger partial charge is 0.368 e. The summed E-state index contributed by atoms with van der Waals surface area (Å²) >= 11 is 0. The molecule has 2 aromatic carbocycles. The lowest BCUT2D eigenvalue weighted by Crippen LogP contribution is -2.49. The van der Waals surface area contributed by atoms with Gasteiger partial charge in [-0.15, -0.1) is 0 Å². The number of para-hydroxylation sites is 1. The van der Waals surface area contributed by atoms with Crippen LogP contribution >= 0.6 is 0 Å². The standard InChI is InChI=1S/C23H25FN4O/c1-16-7-6-10-21(17(16)2)26-11-13-27(14-12-26)23(29)19-15-25-28(18(19)3)22-9-5-4-8-20(22)24/h4-10,15H,11-14H2,1-3H3. The van der Waals surface area contributed by atoms with Crippen LogP contribution in [-0.4, -0.2) is 46.8 Å². The van der Waals surface area contributed by atoms with Crippen LogP contribution in [0.15, 0.2) is 48.7 Å². The molecule has 1 aromatic heterocycles. The summed E-state index contributed by atoms with van der Waals surface area (Å²) in [6.07, 6.45) is 1.54. The van der Waals surface area contributed by atoms with Crippen molar-refractivity contribution in [2.24, 2.45) is 0 Å². The fourth-order valence-corrected chi connectivity index (χ4v) is 3.88. The predicted octanol–water partition coefficient (Wildman–Crippen LogP) is 3.90. The highest BCUT2D eigenvalue weighted by atomic mass is 19.1. The van der Waals surface area contributed by atoms with Gasteiger partial charge in [0.05, 0.1) is 17.5 Å². The zero-order valence-electron chi connectivity index (χ0n) is 17.0. The third kappa shape index (κ3) is 3.50. The molecule has 5 nitrogen and oxygen atoms in total. The van der Waals surface area contributed by atoms with Crippen LogP contribution < -0.4 is 4.90 Å². The highest BCUT2D eigenvalue weighted by Gasteiger charge is 2.26. The Morgan fingerprint density at radius 2 is 1.62 bits per heavy atom. The molecule has 0 radical (unpaired) electrons. The van der Waals surface area contributed by atoms with Gasteiger partial charge in [0.1, 0.15) is 11.5 Å². The predicted molar refractivity (Wildman–Crippen MR) is 112 cm³/mol. The molecular formula is C23H25FN4O. The number of benzene rings is 2. The minimum Gasteiger partial charge on any atom is -0.368 e. The smallest absolute Gasteiger partial charge is 0.257 e. The molecule has 29 heavy (non-hydrogen) atoms. The molecule has 0 bridgehead atoms. The van der Waals surface area contributed by atoms with Gasteiger partial charge in [0, 0.05) is 31.9 Å². The number of amides is 1. The Morgan fingerprint density at radius 3 is 2.34 bits per heavy atom. The zero-order chi connectivity index (χ0) is 20.5. The molecule has 0 N–H and O–H groups in total. The normalized spacial score (nSPS) is 14.3. The Labute approximate surface area is 170 Å². The van der Waals surface area contributed by atoms with Crippen molar-refractivity contribution in [2.45, 2.75) is 20.8 Å². The fraction of sp³-hybridized carbons (Fsp3) is 0.304. The molecule has 1 aliphatic rings. The molecule has 6 heteroatoms. The quantitative estimate of drug-likeness (QED) is 0.679. The van der Waals surface area contributed by atoms with Crippen molar-refractivity contribution >= 4 is 11.6 Å². The summed E-state index contributed by atoms with van der Waals surface area (Å²) in [5.41, 5.74) is 5.32. The second-order valence-corrected chi connectivity index (χ2v) is 7.51. The van der Waals surface area contributed by atoms with Crippen molar-refractivity contribution in [1.29, 1.82) is 0 Å². The van der Waals surface area contributed by atoms with Gasteiger partial charge in [-0.05, 0) is 50.1 Å². The molecule has 0 aliphatic carbocycles. The van der Waals surface area contributed by atoms with Gasteiger partial charge in [-0.1, -0.05) is 24.3 Å². The molecule has 1 amide bonds. The number of anilines is 1. The number of rotatable bonds is 3. The lowest BCUT2D eigenvalue weighted by molar-refractivity contribution is 0.0746. The monoisotopic (exact) mass is 392 g/mol. The summed E-state index contributed by atoms with van der Waals surface area (Å²) in [5, 5.41) is 4.27. The molecule has 150 valence electrons. The summed E-state index contributed by atoms with van der Waals surface area (Å²) in [6, 6.07) is 12.8. The summed E-state index contributed by atoms with van der Waals surface area (Å²) in [6.45, 7) is 8.94. The molecule has 4 rings (SSSR count). The second kappa shape index (κ2) is 7.70. The van der Waals surface area contributed by atoms with Gasteiger partial charge < -0.3 is 9.80 Å². The summed E-state index contributed by atoms with van der Waals surface area (Å²) < 4.78 is 15.6. The van der Waals surface area contributed by atoms with Gasteiger partial charge >= 0.3 is 0 Å². The van der Waals surface area contributed by atoms with E-state index in [1.165, 1.54) is 27.6 Å². The summed E-state index contributed by atoms with van der Waals surface area (Å²) in [5.74, 6) is -0.412. The molecule has 0 unspecified atom stereocenters. The van der Waals surface area contributed by atoms with E-state index in [2.05, 4.69) is 42.0 Å². The number of nitrogens with zero attached hydrogens (tertiary/aromatic N) is 4. The van der Waals surface area contributed by atoms with Crippen molar-refractivity contribution in [3.63, 3.8) is 0 Å². The van der Waals surface area contributed by atoms with Gasteiger partial charge in [0.25, 0.3) is 5.91 Å². The van der Waals surface area contributed by atoms with Gasteiger partial charge in [-0.2, -0.15) is 5.10 Å². The van der Waals surface area contributed by atoms with E-state index in [1.807, 2.05) is 4.90 Å². The van der Waals surface area contributed by atoms with Crippen LogP contribution in [-0.2, 0) is 0 Å². The average Bonchev–Trinajstić information content (AvgIpc) is 3.11. The van der Waals surface area contributed by atoms with E-state index >= 15 is 0 Å². The van der Waals surface area contributed by atoms with E-state index in [-0.39, 0.29) is 11.7 Å². The van der Waals surface area contributed by atoms with Crippen LogP contribution in [0.2, 0.25) is 0 Å². The molecule has 1 fully saturated rings. The number of halogens is 1. The Morgan fingerprint density at radius 1 is 0.931 bits per heavy atom. The van der Waals surface area contributed by atoms with Crippen LogP contribution in [0.1, 0.15) is 27.2 Å². The van der Waals surface area contributed by atoms with Crippen molar-refractivity contribution in [3.8, 4) is 5.69 Å². The Bertz CT molecular complexity index is 1050. The third-order valence-corrected chi connectivity index (χ3v) is 5.80. The highest BCUT2D eigenvalue weighted by molar-refractivity contribution is 5.95. The number of carbonyl (C=O) groups is 1. The van der Waals surface area contributed by atoms with Gasteiger partial charge in [0.15, 0.2) is 0 Å². The first-order valence-electron chi connectivity index (χ1n) is 9.87. The maximum Gasteiger partial charge on any atom is 0.257 e. The maximum absolute atomic E-state index is 14.1.